The monoisotopic (exact) mass is 375 g/mol. The molecular formula is C21H33N3O3. The van der Waals surface area contributed by atoms with E-state index in [-0.39, 0.29) is 17.9 Å². The molecule has 1 heterocycles. The third kappa shape index (κ3) is 6.19. The van der Waals surface area contributed by atoms with Gasteiger partial charge in [-0.05, 0) is 56.8 Å². The lowest BCUT2D eigenvalue weighted by molar-refractivity contribution is -0.125. The molecule has 150 valence electrons. The fourth-order valence-corrected chi connectivity index (χ4v) is 3.95. The third-order valence-corrected chi connectivity index (χ3v) is 5.74. The number of carbonyl (C=O) groups is 1. The van der Waals surface area contributed by atoms with Crippen molar-refractivity contribution < 1.29 is 14.3 Å². The van der Waals surface area contributed by atoms with Gasteiger partial charge in [0.2, 0.25) is 5.91 Å². The average Bonchev–Trinajstić information content (AvgIpc) is 3.13. The van der Waals surface area contributed by atoms with Crippen LogP contribution in [-0.4, -0.2) is 56.3 Å². The second-order valence-electron chi connectivity index (χ2n) is 7.81. The van der Waals surface area contributed by atoms with E-state index in [0.717, 1.165) is 63.2 Å². The van der Waals surface area contributed by atoms with Crippen LogP contribution in [0.15, 0.2) is 24.3 Å². The van der Waals surface area contributed by atoms with Gasteiger partial charge in [0.25, 0.3) is 0 Å². The van der Waals surface area contributed by atoms with Gasteiger partial charge in [0.05, 0.1) is 0 Å². The Balaban J connectivity index is 1.39. The van der Waals surface area contributed by atoms with Crippen molar-refractivity contribution >= 4 is 5.91 Å². The lowest BCUT2D eigenvalue weighted by atomic mass is 10.1. The van der Waals surface area contributed by atoms with E-state index in [1.54, 1.807) is 0 Å². The fourth-order valence-electron chi connectivity index (χ4n) is 3.95. The number of nitrogens with one attached hydrogen (secondary N) is 1. The van der Waals surface area contributed by atoms with Crippen molar-refractivity contribution in [2.45, 2.75) is 50.7 Å². The number of amides is 1. The summed E-state index contributed by atoms with van der Waals surface area (Å²) in [5.41, 5.74) is 6.96. The molecule has 0 radical (unpaired) electrons. The molecule has 1 saturated heterocycles. The van der Waals surface area contributed by atoms with E-state index < -0.39 is 0 Å². The summed E-state index contributed by atoms with van der Waals surface area (Å²) in [7, 11) is 2.15. The summed E-state index contributed by atoms with van der Waals surface area (Å²) >= 11 is 0. The molecule has 2 unspecified atom stereocenters. The molecule has 6 heteroatoms. The summed E-state index contributed by atoms with van der Waals surface area (Å²) < 4.78 is 11.3. The summed E-state index contributed by atoms with van der Waals surface area (Å²) in [6.07, 6.45) is 4.84. The van der Waals surface area contributed by atoms with Gasteiger partial charge in [0.15, 0.2) is 0 Å². The first-order valence-electron chi connectivity index (χ1n) is 10.1. The predicted molar refractivity (Wildman–Crippen MR) is 106 cm³/mol. The zero-order valence-corrected chi connectivity index (χ0v) is 16.4. The van der Waals surface area contributed by atoms with E-state index >= 15 is 0 Å². The van der Waals surface area contributed by atoms with Crippen LogP contribution in [0.3, 0.4) is 0 Å². The van der Waals surface area contributed by atoms with Crippen molar-refractivity contribution in [3.8, 4) is 5.75 Å². The molecule has 0 aromatic heterocycles. The Hall–Kier alpha value is -1.63. The molecule has 3 rings (SSSR count). The van der Waals surface area contributed by atoms with Crippen LogP contribution in [0.5, 0.6) is 5.75 Å². The number of rotatable bonds is 8. The molecule has 1 saturated carbocycles. The molecule has 3 N–H and O–H groups in total. The van der Waals surface area contributed by atoms with E-state index in [2.05, 4.69) is 17.3 Å². The highest BCUT2D eigenvalue weighted by Crippen LogP contribution is 2.24. The maximum atomic E-state index is 12.2. The molecule has 6 nitrogen and oxygen atoms in total. The highest BCUT2D eigenvalue weighted by Gasteiger charge is 2.27. The first-order chi connectivity index (χ1) is 13.1. The largest absolute Gasteiger partial charge is 0.492 e. The number of nitrogens with zero attached hydrogens (tertiary/aromatic N) is 1. The Kier molecular flexibility index (Phi) is 7.50. The van der Waals surface area contributed by atoms with Crippen molar-refractivity contribution in [2.75, 3.05) is 33.4 Å². The van der Waals surface area contributed by atoms with E-state index in [0.29, 0.717) is 19.2 Å². The first kappa shape index (κ1) is 20.1. The van der Waals surface area contributed by atoms with Crippen LogP contribution in [0.25, 0.3) is 0 Å². The van der Waals surface area contributed by atoms with Crippen molar-refractivity contribution in [3.63, 3.8) is 0 Å². The van der Waals surface area contributed by atoms with Crippen molar-refractivity contribution in [1.29, 1.82) is 0 Å². The SMILES string of the molecule is CN(CCOc1cccc(CNC(=O)C2CCC(N)C2)c1)C1CCOCC1. The van der Waals surface area contributed by atoms with Crippen molar-refractivity contribution in [2.24, 2.45) is 11.7 Å². The minimum atomic E-state index is 0.0696. The minimum absolute atomic E-state index is 0.0696. The standard InChI is InChI=1S/C21H33N3O3/c1-24(19-7-10-26-11-8-19)9-12-27-20-4-2-3-16(13-20)15-23-21(25)17-5-6-18(22)14-17/h2-4,13,17-19H,5-12,14-15,22H2,1H3,(H,23,25). The molecule has 2 aliphatic rings. The highest BCUT2D eigenvalue weighted by atomic mass is 16.5. The zero-order chi connectivity index (χ0) is 19.1. The summed E-state index contributed by atoms with van der Waals surface area (Å²) in [6, 6.07) is 8.74. The predicted octanol–water partition coefficient (Wildman–Crippen LogP) is 1.92. The Bertz CT molecular complexity index is 604. The van der Waals surface area contributed by atoms with Crippen LogP contribution in [-0.2, 0) is 16.1 Å². The van der Waals surface area contributed by atoms with Gasteiger partial charge in [0, 0.05) is 44.3 Å². The van der Waals surface area contributed by atoms with Crippen LogP contribution >= 0.6 is 0 Å². The van der Waals surface area contributed by atoms with Crippen LogP contribution in [0, 0.1) is 5.92 Å². The summed E-state index contributed by atoms with van der Waals surface area (Å²) in [5.74, 6) is 1.04. The molecule has 0 bridgehead atoms. The van der Waals surface area contributed by atoms with Crippen LogP contribution in [0.4, 0.5) is 0 Å². The lowest BCUT2D eigenvalue weighted by Gasteiger charge is -2.31. The average molecular weight is 376 g/mol. The molecule has 27 heavy (non-hydrogen) atoms. The molecule has 1 aliphatic carbocycles. The summed E-state index contributed by atoms with van der Waals surface area (Å²) in [5, 5.41) is 3.04. The Morgan fingerprint density at radius 3 is 2.85 bits per heavy atom. The lowest BCUT2D eigenvalue weighted by Crippen LogP contribution is -2.38. The number of likely N-dealkylation sites (N-methyl/N-ethyl adjacent to an activating group) is 1. The fraction of sp³-hybridized carbons (Fsp3) is 0.667. The van der Waals surface area contributed by atoms with E-state index in [9.17, 15) is 4.79 Å². The molecule has 2 atom stereocenters. The maximum Gasteiger partial charge on any atom is 0.223 e. The quantitative estimate of drug-likeness (QED) is 0.726. The van der Waals surface area contributed by atoms with Gasteiger partial charge in [-0.3, -0.25) is 9.69 Å². The normalized spacial score (nSPS) is 23.5. The topological polar surface area (TPSA) is 76.8 Å². The Labute approximate surface area is 162 Å². The van der Waals surface area contributed by atoms with Gasteiger partial charge in [-0.25, -0.2) is 0 Å². The number of carbonyl (C=O) groups excluding carboxylic acids is 1. The van der Waals surface area contributed by atoms with E-state index in [1.165, 1.54) is 0 Å². The molecule has 1 aromatic rings. The maximum absolute atomic E-state index is 12.2. The van der Waals surface area contributed by atoms with Crippen LogP contribution < -0.4 is 15.8 Å². The van der Waals surface area contributed by atoms with Gasteiger partial charge in [0.1, 0.15) is 12.4 Å². The summed E-state index contributed by atoms with van der Waals surface area (Å²) in [6.45, 7) is 3.80. The van der Waals surface area contributed by atoms with Gasteiger partial charge < -0.3 is 20.5 Å². The molecule has 1 aliphatic heterocycles. The van der Waals surface area contributed by atoms with Gasteiger partial charge in [-0.1, -0.05) is 12.1 Å². The number of hydrogen-bond acceptors (Lipinski definition) is 5. The summed E-state index contributed by atoms with van der Waals surface area (Å²) in [4.78, 5) is 14.6. The van der Waals surface area contributed by atoms with E-state index in [4.69, 9.17) is 15.2 Å². The van der Waals surface area contributed by atoms with Gasteiger partial charge >= 0.3 is 0 Å². The Morgan fingerprint density at radius 1 is 1.30 bits per heavy atom. The minimum Gasteiger partial charge on any atom is -0.492 e. The Morgan fingerprint density at radius 2 is 2.11 bits per heavy atom. The molecule has 1 aromatic carbocycles. The second-order valence-corrected chi connectivity index (χ2v) is 7.81. The number of benzene rings is 1. The van der Waals surface area contributed by atoms with E-state index in [1.807, 2.05) is 24.3 Å². The third-order valence-electron chi connectivity index (χ3n) is 5.74. The number of hydrogen-bond donors (Lipinski definition) is 2. The zero-order valence-electron chi connectivity index (χ0n) is 16.4. The van der Waals surface area contributed by atoms with Crippen LogP contribution in [0.2, 0.25) is 0 Å². The van der Waals surface area contributed by atoms with Gasteiger partial charge in [-0.15, -0.1) is 0 Å². The molecule has 0 spiro atoms. The molecular weight excluding hydrogens is 342 g/mol. The number of nitrogens with two attached hydrogens (primary N) is 1. The first-order valence-corrected chi connectivity index (χ1v) is 10.1. The molecule has 1 amide bonds. The molecule has 2 fully saturated rings. The smallest absolute Gasteiger partial charge is 0.223 e. The van der Waals surface area contributed by atoms with Crippen molar-refractivity contribution in [3.05, 3.63) is 29.8 Å². The van der Waals surface area contributed by atoms with Crippen LogP contribution in [0.1, 0.15) is 37.7 Å². The van der Waals surface area contributed by atoms with Crippen molar-refractivity contribution in [1.82, 2.24) is 10.2 Å². The van der Waals surface area contributed by atoms with Gasteiger partial charge in [-0.2, -0.15) is 0 Å². The second kappa shape index (κ2) is 10.1. The number of ether oxygens (including phenoxy) is 2. The highest BCUT2D eigenvalue weighted by molar-refractivity contribution is 5.79.